The predicted octanol–water partition coefficient (Wildman–Crippen LogP) is 0.907. The number of carboxylic acids is 1. The lowest BCUT2D eigenvalue weighted by molar-refractivity contribution is -0.141. The number of nitrogens with one attached hydrogen (secondary N) is 2. The quantitative estimate of drug-likeness (QED) is 0.696. The van der Waals surface area contributed by atoms with Crippen LogP contribution < -0.4 is 10.6 Å². The van der Waals surface area contributed by atoms with Crippen LogP contribution in [0.5, 0.6) is 0 Å². The van der Waals surface area contributed by atoms with Gasteiger partial charge in [0.05, 0.1) is 12.1 Å². The van der Waals surface area contributed by atoms with E-state index in [1.54, 1.807) is 4.68 Å². The number of rotatable bonds is 7. The minimum Gasteiger partial charge on any atom is -0.481 e. The molecule has 1 heterocycles. The summed E-state index contributed by atoms with van der Waals surface area (Å²) in [4.78, 5) is 22.6. The Morgan fingerprint density at radius 2 is 2.19 bits per heavy atom. The van der Waals surface area contributed by atoms with E-state index in [1.165, 1.54) is 0 Å². The summed E-state index contributed by atoms with van der Waals surface area (Å²) < 4.78 is 1.72. The van der Waals surface area contributed by atoms with Crippen molar-refractivity contribution in [2.24, 2.45) is 12.5 Å². The standard InChI is InChI=1S/C14H22N4O3/c1-18-8-4-11(17-18)3-7-15-13(21)16-10-14(5-2-6-14)9-12(19)20/h4,8H,2-3,5-7,9-10H2,1H3,(H,19,20)(H2,15,16,21). The number of amides is 2. The Labute approximate surface area is 123 Å². The van der Waals surface area contributed by atoms with Crippen molar-refractivity contribution in [3.05, 3.63) is 18.0 Å². The zero-order chi connectivity index (χ0) is 15.3. The Hall–Kier alpha value is -2.05. The Kier molecular flexibility index (Phi) is 4.82. The number of carbonyl (C=O) groups is 2. The van der Waals surface area contributed by atoms with Crippen molar-refractivity contribution >= 4 is 12.0 Å². The van der Waals surface area contributed by atoms with Gasteiger partial charge in [0.15, 0.2) is 0 Å². The molecule has 7 heteroatoms. The van der Waals surface area contributed by atoms with E-state index in [-0.39, 0.29) is 17.9 Å². The second-order valence-corrected chi connectivity index (χ2v) is 5.76. The Morgan fingerprint density at radius 3 is 2.71 bits per heavy atom. The molecule has 1 aromatic heterocycles. The summed E-state index contributed by atoms with van der Waals surface area (Å²) in [5.41, 5.74) is 0.684. The fourth-order valence-electron chi connectivity index (χ4n) is 2.64. The summed E-state index contributed by atoms with van der Waals surface area (Å²) >= 11 is 0. The summed E-state index contributed by atoms with van der Waals surface area (Å²) in [6, 6.07) is 1.66. The number of aliphatic carboxylic acids is 1. The van der Waals surface area contributed by atoms with E-state index in [4.69, 9.17) is 5.11 Å². The summed E-state index contributed by atoms with van der Waals surface area (Å²) in [5.74, 6) is -0.799. The third-order valence-corrected chi connectivity index (χ3v) is 4.00. The van der Waals surface area contributed by atoms with Gasteiger partial charge in [-0.3, -0.25) is 9.48 Å². The van der Waals surface area contributed by atoms with Gasteiger partial charge in [-0.05, 0) is 24.3 Å². The maximum atomic E-state index is 11.7. The van der Waals surface area contributed by atoms with Crippen LogP contribution >= 0.6 is 0 Å². The molecule has 0 bridgehead atoms. The van der Waals surface area contributed by atoms with Gasteiger partial charge in [0.1, 0.15) is 0 Å². The van der Waals surface area contributed by atoms with Gasteiger partial charge < -0.3 is 15.7 Å². The molecule has 21 heavy (non-hydrogen) atoms. The predicted molar refractivity (Wildman–Crippen MR) is 76.9 cm³/mol. The number of aryl methyl sites for hydroxylation is 1. The zero-order valence-corrected chi connectivity index (χ0v) is 12.3. The zero-order valence-electron chi connectivity index (χ0n) is 12.3. The maximum Gasteiger partial charge on any atom is 0.314 e. The monoisotopic (exact) mass is 294 g/mol. The van der Waals surface area contributed by atoms with Crippen LogP contribution in [-0.2, 0) is 18.3 Å². The lowest BCUT2D eigenvalue weighted by Crippen LogP contribution is -2.46. The molecule has 0 saturated heterocycles. The molecule has 0 aliphatic heterocycles. The molecule has 2 rings (SSSR count). The first kappa shape index (κ1) is 15.3. The number of carboxylic acid groups (broad SMARTS) is 1. The molecule has 0 aromatic carbocycles. The Bertz CT molecular complexity index is 508. The molecule has 0 unspecified atom stereocenters. The van der Waals surface area contributed by atoms with E-state index < -0.39 is 5.97 Å². The first-order valence-electron chi connectivity index (χ1n) is 7.21. The lowest BCUT2D eigenvalue weighted by Gasteiger charge is -2.40. The molecule has 2 amide bonds. The number of aromatic nitrogens is 2. The number of hydrogen-bond donors (Lipinski definition) is 3. The van der Waals surface area contributed by atoms with Gasteiger partial charge in [0.25, 0.3) is 0 Å². The Balaban J connectivity index is 1.66. The van der Waals surface area contributed by atoms with E-state index >= 15 is 0 Å². The Morgan fingerprint density at radius 1 is 1.43 bits per heavy atom. The average molecular weight is 294 g/mol. The van der Waals surface area contributed by atoms with Crippen LogP contribution in [0.25, 0.3) is 0 Å². The molecule has 0 spiro atoms. The van der Waals surface area contributed by atoms with Crippen LogP contribution in [0, 0.1) is 5.41 Å². The van der Waals surface area contributed by atoms with Crippen LogP contribution in [0.3, 0.4) is 0 Å². The fourth-order valence-corrected chi connectivity index (χ4v) is 2.64. The van der Waals surface area contributed by atoms with Crippen LogP contribution in [0.1, 0.15) is 31.4 Å². The molecule has 1 aromatic rings. The second-order valence-electron chi connectivity index (χ2n) is 5.76. The SMILES string of the molecule is Cn1ccc(CCNC(=O)NCC2(CC(=O)O)CCC2)n1. The van der Waals surface area contributed by atoms with Crippen molar-refractivity contribution in [1.29, 1.82) is 0 Å². The molecular formula is C14H22N4O3. The third kappa shape index (κ3) is 4.47. The van der Waals surface area contributed by atoms with Gasteiger partial charge in [-0.15, -0.1) is 0 Å². The lowest BCUT2D eigenvalue weighted by atomic mass is 9.66. The average Bonchev–Trinajstić information content (AvgIpc) is 2.78. The first-order chi connectivity index (χ1) is 9.99. The highest BCUT2D eigenvalue weighted by atomic mass is 16.4. The van der Waals surface area contributed by atoms with Gasteiger partial charge >= 0.3 is 12.0 Å². The van der Waals surface area contributed by atoms with E-state index in [2.05, 4.69) is 15.7 Å². The van der Waals surface area contributed by atoms with E-state index in [0.717, 1.165) is 25.0 Å². The highest BCUT2D eigenvalue weighted by Gasteiger charge is 2.39. The van der Waals surface area contributed by atoms with Crippen molar-refractivity contribution in [2.75, 3.05) is 13.1 Å². The van der Waals surface area contributed by atoms with Crippen molar-refractivity contribution in [3.8, 4) is 0 Å². The number of urea groups is 1. The summed E-state index contributed by atoms with van der Waals surface area (Å²) in [6.07, 6.45) is 5.44. The van der Waals surface area contributed by atoms with Gasteiger partial charge in [-0.2, -0.15) is 5.10 Å². The van der Waals surface area contributed by atoms with Crippen LogP contribution in [0.2, 0.25) is 0 Å². The molecular weight excluding hydrogens is 272 g/mol. The molecule has 0 atom stereocenters. The summed E-state index contributed by atoms with van der Waals surface area (Å²) in [5, 5.41) is 18.7. The molecule has 7 nitrogen and oxygen atoms in total. The topological polar surface area (TPSA) is 96.2 Å². The molecule has 1 aliphatic carbocycles. The summed E-state index contributed by atoms with van der Waals surface area (Å²) in [7, 11) is 1.85. The fraction of sp³-hybridized carbons (Fsp3) is 0.643. The third-order valence-electron chi connectivity index (χ3n) is 4.00. The normalized spacial score (nSPS) is 16.0. The van der Waals surface area contributed by atoms with Gasteiger partial charge in [0.2, 0.25) is 0 Å². The van der Waals surface area contributed by atoms with Crippen LogP contribution in [0.4, 0.5) is 4.79 Å². The van der Waals surface area contributed by atoms with Crippen molar-refractivity contribution < 1.29 is 14.7 Å². The minimum atomic E-state index is -0.799. The van der Waals surface area contributed by atoms with Crippen LogP contribution in [0.15, 0.2) is 12.3 Å². The number of hydrogen-bond acceptors (Lipinski definition) is 3. The highest BCUT2D eigenvalue weighted by molar-refractivity contribution is 5.74. The molecule has 1 fully saturated rings. The highest BCUT2D eigenvalue weighted by Crippen LogP contribution is 2.43. The van der Waals surface area contributed by atoms with Crippen molar-refractivity contribution in [3.63, 3.8) is 0 Å². The van der Waals surface area contributed by atoms with E-state index in [0.29, 0.717) is 19.5 Å². The maximum absolute atomic E-state index is 11.7. The molecule has 0 radical (unpaired) electrons. The molecule has 1 saturated carbocycles. The van der Waals surface area contributed by atoms with Gasteiger partial charge in [0, 0.05) is 32.8 Å². The largest absolute Gasteiger partial charge is 0.481 e. The van der Waals surface area contributed by atoms with Crippen molar-refractivity contribution in [1.82, 2.24) is 20.4 Å². The second kappa shape index (κ2) is 6.60. The van der Waals surface area contributed by atoms with E-state index in [1.807, 2.05) is 19.3 Å². The number of nitrogens with zero attached hydrogens (tertiary/aromatic N) is 2. The number of carbonyl (C=O) groups excluding carboxylic acids is 1. The van der Waals surface area contributed by atoms with Crippen LogP contribution in [-0.4, -0.2) is 40.0 Å². The molecule has 3 N–H and O–H groups in total. The van der Waals surface area contributed by atoms with Crippen molar-refractivity contribution in [2.45, 2.75) is 32.1 Å². The molecule has 1 aliphatic rings. The summed E-state index contributed by atoms with van der Waals surface area (Å²) in [6.45, 7) is 0.934. The van der Waals surface area contributed by atoms with Gasteiger partial charge in [-0.25, -0.2) is 4.79 Å². The smallest absolute Gasteiger partial charge is 0.314 e. The van der Waals surface area contributed by atoms with E-state index in [9.17, 15) is 9.59 Å². The first-order valence-corrected chi connectivity index (χ1v) is 7.21. The molecule has 116 valence electrons. The van der Waals surface area contributed by atoms with Gasteiger partial charge in [-0.1, -0.05) is 6.42 Å². The minimum absolute atomic E-state index is 0.126.